The number of nitrogens with zero attached hydrogens (tertiary/aromatic N) is 1. The molecule has 0 aliphatic heterocycles. The molecule has 5 nitrogen and oxygen atoms in total. The van der Waals surface area contributed by atoms with E-state index in [2.05, 4.69) is 38.7 Å². The zero-order valence-corrected chi connectivity index (χ0v) is 17.3. The van der Waals surface area contributed by atoms with Gasteiger partial charge < -0.3 is 15.5 Å². The van der Waals surface area contributed by atoms with E-state index in [0.29, 0.717) is 6.54 Å². The molecule has 0 saturated heterocycles. The van der Waals surface area contributed by atoms with Crippen LogP contribution in [0, 0.1) is 29.1 Å². The van der Waals surface area contributed by atoms with Crippen molar-refractivity contribution in [2.75, 3.05) is 32.5 Å². The fraction of sp³-hybridized carbons (Fsp3) is 0.524. The molecule has 0 radical (unpaired) electrons. The summed E-state index contributed by atoms with van der Waals surface area (Å²) in [6.45, 7) is 1.40. The molecule has 6 heteroatoms. The number of hydrogen-bond acceptors (Lipinski definition) is 3. The molecule has 4 atom stereocenters. The van der Waals surface area contributed by atoms with Crippen molar-refractivity contribution in [1.29, 1.82) is 0 Å². The molecule has 27 heavy (non-hydrogen) atoms. The lowest BCUT2D eigenvalue weighted by Crippen LogP contribution is -2.43. The highest BCUT2D eigenvalue weighted by Gasteiger charge is 2.69. The first-order valence-electron chi connectivity index (χ1n) is 9.59. The summed E-state index contributed by atoms with van der Waals surface area (Å²) in [5, 5.41) is 6.10. The fourth-order valence-corrected chi connectivity index (χ4v) is 5.25. The van der Waals surface area contributed by atoms with Gasteiger partial charge in [0.2, 0.25) is 11.8 Å². The third-order valence-corrected chi connectivity index (χ3v) is 6.95. The maximum absolute atomic E-state index is 13.2. The first-order chi connectivity index (χ1) is 12.9. The van der Waals surface area contributed by atoms with Gasteiger partial charge in [0.25, 0.3) is 0 Å². The van der Waals surface area contributed by atoms with Crippen molar-refractivity contribution in [3.05, 3.63) is 40.9 Å². The van der Waals surface area contributed by atoms with E-state index in [0.717, 1.165) is 29.5 Å². The number of amides is 2. The third kappa shape index (κ3) is 3.34. The second-order valence-corrected chi connectivity index (χ2v) is 9.23. The molecule has 1 spiro atoms. The third-order valence-electron chi connectivity index (χ3n) is 6.42. The summed E-state index contributed by atoms with van der Waals surface area (Å²) in [5.41, 5.74) is 0.928. The molecule has 144 valence electrons. The minimum absolute atomic E-state index is 0.0240. The molecule has 3 aliphatic carbocycles. The normalized spacial score (nSPS) is 29.3. The van der Waals surface area contributed by atoms with Gasteiger partial charge in [-0.25, -0.2) is 0 Å². The van der Waals surface area contributed by atoms with Gasteiger partial charge in [0.15, 0.2) is 0 Å². The summed E-state index contributed by atoms with van der Waals surface area (Å²) in [6.07, 6.45) is 6.63. The smallest absolute Gasteiger partial charge is 0.228 e. The second kappa shape index (κ2) is 7.06. The molecule has 1 aromatic rings. The summed E-state index contributed by atoms with van der Waals surface area (Å²) >= 11 is 3.41. The lowest BCUT2D eigenvalue weighted by atomic mass is 9.81. The van der Waals surface area contributed by atoms with Gasteiger partial charge in [0, 0.05) is 23.2 Å². The standard InChI is InChI=1S/C21H26BrN3O2/c1-25(2)12-11-23-19(26)17-15-7-8-16(21(15)9-10-21)18(17)20(27)24-14-5-3-13(22)4-6-14/h3-8,15-18H,9-12H2,1-2H3,(H,23,26)(H,24,27)/t15-,16+,17-,18-/m1/s1. The number of likely N-dealkylation sites (N-methyl/N-ethyl adjacent to an activating group) is 1. The van der Waals surface area contributed by atoms with Crippen molar-refractivity contribution in [2.45, 2.75) is 12.8 Å². The lowest BCUT2D eigenvalue weighted by molar-refractivity contribution is -0.132. The molecule has 0 unspecified atom stereocenters. The van der Waals surface area contributed by atoms with Crippen molar-refractivity contribution in [3.8, 4) is 0 Å². The van der Waals surface area contributed by atoms with Crippen molar-refractivity contribution in [2.24, 2.45) is 29.1 Å². The number of carbonyl (C=O) groups is 2. The Morgan fingerprint density at radius 1 is 1.07 bits per heavy atom. The molecule has 2 fully saturated rings. The van der Waals surface area contributed by atoms with E-state index in [-0.39, 0.29) is 40.9 Å². The minimum atomic E-state index is -0.287. The van der Waals surface area contributed by atoms with Crippen molar-refractivity contribution < 1.29 is 9.59 Å². The molecular weight excluding hydrogens is 406 g/mol. The van der Waals surface area contributed by atoms with Gasteiger partial charge >= 0.3 is 0 Å². The van der Waals surface area contributed by atoms with E-state index in [1.54, 1.807) is 0 Å². The number of anilines is 1. The highest BCUT2D eigenvalue weighted by Crippen LogP contribution is 2.72. The molecule has 2 saturated carbocycles. The minimum Gasteiger partial charge on any atom is -0.355 e. The largest absolute Gasteiger partial charge is 0.355 e. The SMILES string of the molecule is CN(C)CCNC(=O)[C@H]1[C@H](C(=O)Nc2ccc(Br)cc2)[C@@H]2C=C[C@H]1C21CC1. The zero-order valence-electron chi connectivity index (χ0n) is 15.7. The Balaban J connectivity index is 1.51. The summed E-state index contributed by atoms with van der Waals surface area (Å²) in [5.74, 6) is -0.181. The number of halogens is 1. The predicted molar refractivity (Wildman–Crippen MR) is 109 cm³/mol. The van der Waals surface area contributed by atoms with Crippen LogP contribution in [0.3, 0.4) is 0 Å². The van der Waals surface area contributed by atoms with Crippen LogP contribution in [0.2, 0.25) is 0 Å². The van der Waals surface area contributed by atoms with E-state index < -0.39 is 0 Å². The number of allylic oxidation sites excluding steroid dienone is 2. The van der Waals surface area contributed by atoms with Crippen LogP contribution in [-0.2, 0) is 9.59 Å². The average molecular weight is 432 g/mol. The first kappa shape index (κ1) is 18.7. The van der Waals surface area contributed by atoms with Gasteiger partial charge in [-0.2, -0.15) is 0 Å². The van der Waals surface area contributed by atoms with E-state index in [1.165, 1.54) is 0 Å². The maximum Gasteiger partial charge on any atom is 0.228 e. The van der Waals surface area contributed by atoms with Crippen LogP contribution >= 0.6 is 15.9 Å². The van der Waals surface area contributed by atoms with E-state index in [4.69, 9.17) is 0 Å². The summed E-state index contributed by atoms with van der Waals surface area (Å²) in [4.78, 5) is 28.2. The monoisotopic (exact) mass is 431 g/mol. The Kier molecular flexibility index (Phi) is 4.89. The quantitative estimate of drug-likeness (QED) is 0.680. The Bertz CT molecular complexity index is 770. The summed E-state index contributed by atoms with van der Waals surface area (Å²) in [6, 6.07) is 7.57. The van der Waals surface area contributed by atoms with Crippen molar-refractivity contribution in [1.82, 2.24) is 10.2 Å². The van der Waals surface area contributed by atoms with Crippen LogP contribution in [0.4, 0.5) is 5.69 Å². The molecule has 2 bridgehead atoms. The predicted octanol–water partition coefficient (Wildman–Crippen LogP) is 2.89. The van der Waals surface area contributed by atoms with Gasteiger partial charge in [0.1, 0.15) is 0 Å². The highest BCUT2D eigenvalue weighted by atomic mass is 79.9. The van der Waals surface area contributed by atoms with Crippen LogP contribution in [0.1, 0.15) is 12.8 Å². The molecule has 0 heterocycles. The van der Waals surface area contributed by atoms with Crippen LogP contribution in [0.25, 0.3) is 0 Å². The maximum atomic E-state index is 13.2. The molecule has 0 aromatic heterocycles. The van der Waals surface area contributed by atoms with Crippen LogP contribution < -0.4 is 10.6 Å². The lowest BCUT2D eigenvalue weighted by Gasteiger charge is -2.26. The highest BCUT2D eigenvalue weighted by molar-refractivity contribution is 9.10. The zero-order chi connectivity index (χ0) is 19.2. The van der Waals surface area contributed by atoms with E-state index in [1.807, 2.05) is 43.3 Å². The number of rotatable bonds is 6. The van der Waals surface area contributed by atoms with Gasteiger partial charge in [-0.3, -0.25) is 9.59 Å². The second-order valence-electron chi connectivity index (χ2n) is 8.31. The Hall–Kier alpha value is -1.66. The number of hydrogen-bond donors (Lipinski definition) is 2. The van der Waals surface area contributed by atoms with Crippen LogP contribution in [0.15, 0.2) is 40.9 Å². The Labute approximate surface area is 168 Å². The Morgan fingerprint density at radius 2 is 1.67 bits per heavy atom. The van der Waals surface area contributed by atoms with Gasteiger partial charge in [0.05, 0.1) is 11.8 Å². The van der Waals surface area contributed by atoms with E-state index >= 15 is 0 Å². The van der Waals surface area contributed by atoms with Gasteiger partial charge in [-0.15, -0.1) is 0 Å². The van der Waals surface area contributed by atoms with Crippen LogP contribution in [-0.4, -0.2) is 43.9 Å². The van der Waals surface area contributed by atoms with Crippen molar-refractivity contribution >= 4 is 33.4 Å². The van der Waals surface area contributed by atoms with Gasteiger partial charge in [-0.05, 0) is 68.5 Å². The van der Waals surface area contributed by atoms with Crippen molar-refractivity contribution in [3.63, 3.8) is 0 Å². The molecular formula is C21H26BrN3O2. The fourth-order valence-electron chi connectivity index (χ4n) is 4.99. The van der Waals surface area contributed by atoms with Crippen LogP contribution in [0.5, 0.6) is 0 Å². The molecule has 4 rings (SSSR count). The number of benzene rings is 1. The van der Waals surface area contributed by atoms with Gasteiger partial charge in [-0.1, -0.05) is 28.1 Å². The first-order valence-corrected chi connectivity index (χ1v) is 10.4. The number of carbonyl (C=O) groups excluding carboxylic acids is 2. The molecule has 2 N–H and O–H groups in total. The topological polar surface area (TPSA) is 61.4 Å². The number of nitrogens with one attached hydrogen (secondary N) is 2. The molecule has 3 aliphatic rings. The molecule has 1 aromatic carbocycles. The summed E-state index contributed by atoms with van der Waals surface area (Å²) < 4.78 is 0.971. The Morgan fingerprint density at radius 3 is 2.22 bits per heavy atom. The van der Waals surface area contributed by atoms with E-state index in [9.17, 15) is 9.59 Å². The average Bonchev–Trinajstić information content (AvgIpc) is 3.29. The molecule has 2 amide bonds. The summed E-state index contributed by atoms with van der Waals surface area (Å²) in [7, 11) is 3.97.